The summed E-state index contributed by atoms with van der Waals surface area (Å²) in [5.41, 5.74) is 4.14. The lowest BCUT2D eigenvalue weighted by Gasteiger charge is -2.50. The van der Waals surface area contributed by atoms with E-state index in [1.165, 1.54) is 31.4 Å². The molecule has 12 heteroatoms. The van der Waals surface area contributed by atoms with Gasteiger partial charge in [-0.1, -0.05) is 29.8 Å². The molecule has 4 heterocycles. The number of nitrogens with one attached hydrogen (secondary N) is 2. The van der Waals surface area contributed by atoms with E-state index in [0.717, 1.165) is 48.2 Å². The van der Waals surface area contributed by atoms with Crippen LogP contribution in [0.3, 0.4) is 0 Å². The molecule has 46 heavy (non-hydrogen) atoms. The standard InChI is InChI=1S/C34H32ClFN6O4/c1-18-24(38-31(44)22-12-14-37-41(2)33(22)45)9-8-23(36)28(18)21-6-4-5-20(30(21)35)25-15-19-7-10-26(29(19)32(39-25)46-3)42-16-34(17-42)13-11-27(43)40-34/h4-6,8-9,12,14-15,26H,7,10-11,13,16-17H2,1-3H3,(H,38,44)(H,40,43). The molecule has 2 aromatic heterocycles. The quantitative estimate of drug-likeness (QED) is 0.310. The van der Waals surface area contributed by atoms with Crippen LogP contribution in [0.2, 0.25) is 5.02 Å². The third-order valence-electron chi connectivity index (χ3n) is 9.47. The van der Waals surface area contributed by atoms with Gasteiger partial charge in [0.1, 0.15) is 11.4 Å². The first-order chi connectivity index (χ1) is 22.1. The second kappa shape index (κ2) is 11.3. The van der Waals surface area contributed by atoms with Crippen molar-refractivity contribution in [3.8, 4) is 28.3 Å². The fourth-order valence-corrected chi connectivity index (χ4v) is 7.46. The van der Waals surface area contributed by atoms with E-state index >= 15 is 4.39 Å². The van der Waals surface area contributed by atoms with E-state index in [-0.39, 0.29) is 28.6 Å². The topological polar surface area (TPSA) is 118 Å². The fraction of sp³-hybridized carbons (Fsp3) is 0.324. The summed E-state index contributed by atoms with van der Waals surface area (Å²) in [6.45, 7) is 3.31. The number of methoxy groups -OCH3 is 1. The van der Waals surface area contributed by atoms with Crippen LogP contribution in [0.1, 0.15) is 52.4 Å². The maximum atomic E-state index is 15.5. The number of likely N-dealkylation sites (tertiary alicyclic amines) is 1. The lowest BCUT2D eigenvalue weighted by Crippen LogP contribution is -2.67. The number of amides is 2. The van der Waals surface area contributed by atoms with Crippen LogP contribution < -0.4 is 20.9 Å². The van der Waals surface area contributed by atoms with Gasteiger partial charge < -0.3 is 15.4 Å². The highest BCUT2D eigenvalue weighted by Crippen LogP contribution is 2.48. The minimum atomic E-state index is -0.627. The Bertz CT molecular complexity index is 1990. The minimum absolute atomic E-state index is 0.0828. The number of halogens is 2. The number of fused-ring (bicyclic) bond motifs is 1. The van der Waals surface area contributed by atoms with Gasteiger partial charge in [0.15, 0.2) is 0 Å². The number of hydrogen-bond donors (Lipinski definition) is 2. The first-order valence-corrected chi connectivity index (χ1v) is 15.5. The van der Waals surface area contributed by atoms with Crippen molar-refractivity contribution < 1.29 is 18.7 Å². The average molecular weight is 643 g/mol. The van der Waals surface area contributed by atoms with E-state index in [9.17, 15) is 14.4 Å². The number of nitrogens with zero attached hydrogens (tertiary/aromatic N) is 4. The second-order valence-electron chi connectivity index (χ2n) is 12.3. The van der Waals surface area contributed by atoms with Crippen molar-refractivity contribution in [3.05, 3.63) is 92.1 Å². The third-order valence-corrected chi connectivity index (χ3v) is 9.87. The van der Waals surface area contributed by atoms with Gasteiger partial charge in [-0.2, -0.15) is 5.10 Å². The SMILES string of the molecule is COc1nc(-c2cccc(-c3c(F)ccc(NC(=O)c4ccnn(C)c4=O)c3C)c2Cl)cc2c1C(N1CC3(CCC(=O)N3)C1)CC2. The number of ether oxygens (including phenoxy) is 1. The van der Waals surface area contributed by atoms with Gasteiger partial charge >= 0.3 is 0 Å². The van der Waals surface area contributed by atoms with Gasteiger partial charge in [0.05, 0.1) is 23.4 Å². The maximum absolute atomic E-state index is 15.5. The van der Waals surface area contributed by atoms with Gasteiger partial charge in [-0.25, -0.2) is 14.1 Å². The van der Waals surface area contributed by atoms with Crippen LogP contribution in [0, 0.1) is 12.7 Å². The highest BCUT2D eigenvalue weighted by atomic mass is 35.5. The second-order valence-corrected chi connectivity index (χ2v) is 12.6. The van der Waals surface area contributed by atoms with Crippen molar-refractivity contribution in [2.45, 2.75) is 44.2 Å². The monoisotopic (exact) mass is 642 g/mol. The van der Waals surface area contributed by atoms with Gasteiger partial charge in [0.25, 0.3) is 11.5 Å². The van der Waals surface area contributed by atoms with E-state index in [2.05, 4.69) is 20.6 Å². The number of rotatable bonds is 6. The van der Waals surface area contributed by atoms with E-state index in [1.807, 2.05) is 12.1 Å². The molecule has 2 aromatic carbocycles. The molecule has 2 saturated heterocycles. The molecule has 2 fully saturated rings. The molecule has 2 amide bonds. The molecule has 2 N–H and O–H groups in total. The summed E-state index contributed by atoms with van der Waals surface area (Å²) in [4.78, 5) is 44.5. The molecule has 1 aliphatic carbocycles. The minimum Gasteiger partial charge on any atom is -0.481 e. The van der Waals surface area contributed by atoms with Crippen LogP contribution in [-0.2, 0) is 18.3 Å². The molecule has 2 aliphatic heterocycles. The van der Waals surface area contributed by atoms with Crippen LogP contribution in [0.15, 0.2) is 53.5 Å². The Kier molecular flexibility index (Phi) is 7.40. The molecule has 1 atom stereocenters. The number of carbonyl (C=O) groups is 2. The zero-order valence-electron chi connectivity index (χ0n) is 25.6. The smallest absolute Gasteiger partial charge is 0.279 e. The molecular formula is C34H32ClFN6O4. The molecule has 10 nitrogen and oxygen atoms in total. The number of anilines is 1. The Hall–Kier alpha value is -4.61. The molecule has 7 rings (SSSR count). The highest BCUT2D eigenvalue weighted by molar-refractivity contribution is 6.36. The average Bonchev–Trinajstić information content (AvgIpc) is 3.63. The van der Waals surface area contributed by atoms with E-state index in [0.29, 0.717) is 45.4 Å². The van der Waals surface area contributed by atoms with E-state index < -0.39 is 17.3 Å². The summed E-state index contributed by atoms with van der Waals surface area (Å²) in [6, 6.07) is 11.6. The Morgan fingerprint density at radius 2 is 1.93 bits per heavy atom. The number of hydrogen-bond acceptors (Lipinski definition) is 7. The van der Waals surface area contributed by atoms with Crippen molar-refractivity contribution in [3.63, 3.8) is 0 Å². The molecule has 3 aliphatic rings. The zero-order valence-corrected chi connectivity index (χ0v) is 26.4. The van der Waals surface area contributed by atoms with Gasteiger partial charge in [-0.15, -0.1) is 0 Å². The van der Waals surface area contributed by atoms with E-state index in [1.54, 1.807) is 26.2 Å². The molecule has 4 aromatic rings. The first-order valence-electron chi connectivity index (χ1n) is 15.1. The predicted molar refractivity (Wildman–Crippen MR) is 172 cm³/mol. The van der Waals surface area contributed by atoms with Gasteiger partial charge in [-0.05, 0) is 61.6 Å². The molecular weight excluding hydrogens is 611 g/mol. The van der Waals surface area contributed by atoms with Crippen LogP contribution in [0.5, 0.6) is 5.88 Å². The normalized spacial score (nSPS) is 18.3. The zero-order chi connectivity index (χ0) is 32.3. The third kappa shape index (κ3) is 4.94. The number of carbonyl (C=O) groups excluding carboxylic acids is 2. The van der Waals surface area contributed by atoms with Crippen LogP contribution in [0.4, 0.5) is 10.1 Å². The number of aryl methyl sites for hydroxylation is 2. The van der Waals surface area contributed by atoms with Crippen LogP contribution in [0.25, 0.3) is 22.4 Å². The number of pyridine rings is 1. The van der Waals surface area contributed by atoms with Crippen LogP contribution >= 0.6 is 11.6 Å². The maximum Gasteiger partial charge on any atom is 0.279 e. The predicted octanol–water partition coefficient (Wildman–Crippen LogP) is 4.82. The number of aromatic nitrogens is 3. The van der Waals surface area contributed by atoms with Gasteiger partial charge in [0, 0.05) is 66.7 Å². The lowest BCUT2D eigenvalue weighted by molar-refractivity contribution is -0.121. The first kappa shape index (κ1) is 30.1. The largest absolute Gasteiger partial charge is 0.481 e. The fourth-order valence-electron chi connectivity index (χ4n) is 7.14. The number of benzene rings is 2. The van der Waals surface area contributed by atoms with Crippen molar-refractivity contribution in [1.82, 2.24) is 25.0 Å². The van der Waals surface area contributed by atoms with Crippen molar-refractivity contribution >= 4 is 29.1 Å². The molecule has 1 spiro atoms. The Balaban J connectivity index is 1.20. The van der Waals surface area contributed by atoms with Gasteiger partial charge in [0.2, 0.25) is 11.8 Å². The molecule has 0 saturated carbocycles. The summed E-state index contributed by atoms with van der Waals surface area (Å²) in [5.74, 6) is -0.486. The van der Waals surface area contributed by atoms with Gasteiger partial charge in [-0.3, -0.25) is 19.3 Å². The summed E-state index contributed by atoms with van der Waals surface area (Å²) in [5, 5.41) is 10.1. The van der Waals surface area contributed by atoms with Crippen molar-refractivity contribution in [2.75, 3.05) is 25.5 Å². The van der Waals surface area contributed by atoms with E-state index in [4.69, 9.17) is 21.3 Å². The summed E-state index contributed by atoms with van der Waals surface area (Å²) >= 11 is 7.02. The van der Waals surface area contributed by atoms with Crippen LogP contribution in [-0.4, -0.2) is 57.2 Å². The highest BCUT2D eigenvalue weighted by Gasteiger charge is 2.51. The Morgan fingerprint density at radius 3 is 2.67 bits per heavy atom. The molecule has 0 bridgehead atoms. The van der Waals surface area contributed by atoms with Crippen molar-refractivity contribution in [1.29, 1.82) is 0 Å². The molecule has 1 unspecified atom stereocenters. The Labute approximate surface area is 269 Å². The summed E-state index contributed by atoms with van der Waals surface area (Å²) < 4.78 is 22.4. The molecule has 236 valence electrons. The Morgan fingerprint density at radius 1 is 1.15 bits per heavy atom. The summed E-state index contributed by atoms with van der Waals surface area (Å²) in [7, 11) is 3.06. The molecule has 0 radical (unpaired) electrons. The lowest BCUT2D eigenvalue weighted by atomic mass is 9.86. The van der Waals surface area contributed by atoms with Crippen molar-refractivity contribution in [2.24, 2.45) is 7.05 Å². The summed E-state index contributed by atoms with van der Waals surface area (Å²) in [6.07, 6.45) is 4.57.